The molecule has 1 aromatic carbocycles. The lowest BCUT2D eigenvalue weighted by atomic mass is 10.1. The van der Waals surface area contributed by atoms with E-state index in [2.05, 4.69) is 15.2 Å². The van der Waals surface area contributed by atoms with Crippen LogP contribution in [-0.4, -0.2) is 62.5 Å². The van der Waals surface area contributed by atoms with Crippen molar-refractivity contribution in [1.29, 1.82) is 0 Å². The van der Waals surface area contributed by atoms with E-state index in [-0.39, 0.29) is 17.9 Å². The standard InChI is InChI=1S/C20H21N5O2/c1-14-7-9-24(20(27)18-4-2-3-8-21-18)10-11-25(14)19(26)15-5-6-17-16(12-15)13-22-23-17/h2-6,8,12-14H,7,9-11H2,1H3,(H,22,23). The minimum atomic E-state index is -0.0862. The molecule has 1 atom stereocenters. The Balaban J connectivity index is 1.50. The average molecular weight is 363 g/mol. The average Bonchev–Trinajstić information content (AvgIpc) is 3.09. The van der Waals surface area contributed by atoms with Gasteiger partial charge in [-0.2, -0.15) is 5.10 Å². The number of fused-ring (bicyclic) bond motifs is 1. The van der Waals surface area contributed by atoms with E-state index in [1.807, 2.05) is 36.1 Å². The van der Waals surface area contributed by atoms with Crippen molar-refractivity contribution in [3.63, 3.8) is 0 Å². The Morgan fingerprint density at radius 1 is 1.11 bits per heavy atom. The normalized spacial score (nSPS) is 17.7. The molecule has 2 aromatic heterocycles. The van der Waals surface area contributed by atoms with Crippen molar-refractivity contribution < 1.29 is 9.59 Å². The van der Waals surface area contributed by atoms with E-state index in [1.165, 1.54) is 0 Å². The first-order valence-electron chi connectivity index (χ1n) is 9.08. The Labute approximate surface area is 157 Å². The van der Waals surface area contributed by atoms with Gasteiger partial charge in [0.1, 0.15) is 5.69 Å². The zero-order valence-corrected chi connectivity index (χ0v) is 15.1. The topological polar surface area (TPSA) is 82.2 Å². The molecule has 138 valence electrons. The van der Waals surface area contributed by atoms with Gasteiger partial charge in [0.15, 0.2) is 0 Å². The first-order valence-corrected chi connectivity index (χ1v) is 9.08. The van der Waals surface area contributed by atoms with Crippen LogP contribution in [0.5, 0.6) is 0 Å². The number of H-pyrrole nitrogens is 1. The maximum absolute atomic E-state index is 13.1. The van der Waals surface area contributed by atoms with Crippen molar-refractivity contribution >= 4 is 22.7 Å². The van der Waals surface area contributed by atoms with Crippen molar-refractivity contribution in [2.45, 2.75) is 19.4 Å². The molecule has 1 aliphatic heterocycles. The van der Waals surface area contributed by atoms with Gasteiger partial charge in [-0.15, -0.1) is 0 Å². The molecule has 1 unspecified atom stereocenters. The molecule has 0 aliphatic carbocycles. The van der Waals surface area contributed by atoms with E-state index in [0.717, 1.165) is 17.3 Å². The molecule has 27 heavy (non-hydrogen) atoms. The van der Waals surface area contributed by atoms with Crippen LogP contribution in [0.2, 0.25) is 0 Å². The molecule has 7 heteroatoms. The summed E-state index contributed by atoms with van der Waals surface area (Å²) < 4.78 is 0. The molecule has 0 spiro atoms. The summed E-state index contributed by atoms with van der Waals surface area (Å²) in [6.07, 6.45) is 4.07. The van der Waals surface area contributed by atoms with Crippen LogP contribution < -0.4 is 0 Å². The first-order chi connectivity index (χ1) is 13.1. The predicted octanol–water partition coefficient (Wildman–Crippen LogP) is 2.33. The van der Waals surface area contributed by atoms with Crippen molar-refractivity contribution in [1.82, 2.24) is 25.0 Å². The molecule has 3 aromatic rings. The second-order valence-corrected chi connectivity index (χ2v) is 6.82. The number of amides is 2. The van der Waals surface area contributed by atoms with Crippen LogP contribution in [0.3, 0.4) is 0 Å². The Hall–Kier alpha value is -3.22. The lowest BCUT2D eigenvalue weighted by Crippen LogP contribution is -2.40. The lowest BCUT2D eigenvalue weighted by Gasteiger charge is -2.26. The van der Waals surface area contributed by atoms with Crippen molar-refractivity contribution in [3.05, 3.63) is 60.0 Å². The van der Waals surface area contributed by atoms with Crippen LogP contribution in [0.4, 0.5) is 0 Å². The highest BCUT2D eigenvalue weighted by molar-refractivity contribution is 5.98. The predicted molar refractivity (Wildman–Crippen MR) is 101 cm³/mol. The number of hydrogen-bond donors (Lipinski definition) is 1. The van der Waals surface area contributed by atoms with E-state index in [0.29, 0.717) is 30.9 Å². The Kier molecular flexibility index (Phi) is 4.58. The van der Waals surface area contributed by atoms with Gasteiger partial charge in [0, 0.05) is 42.8 Å². The summed E-state index contributed by atoms with van der Waals surface area (Å²) in [4.78, 5) is 33.5. The Morgan fingerprint density at radius 2 is 2.00 bits per heavy atom. The molecular formula is C20H21N5O2. The van der Waals surface area contributed by atoms with Crippen molar-refractivity contribution in [3.8, 4) is 0 Å². The molecule has 0 bridgehead atoms. The first kappa shape index (κ1) is 17.2. The van der Waals surface area contributed by atoms with Crippen LogP contribution in [0.15, 0.2) is 48.8 Å². The number of nitrogens with zero attached hydrogens (tertiary/aromatic N) is 4. The van der Waals surface area contributed by atoms with E-state index in [9.17, 15) is 9.59 Å². The number of benzene rings is 1. The number of hydrogen-bond acceptors (Lipinski definition) is 4. The summed E-state index contributed by atoms with van der Waals surface area (Å²) >= 11 is 0. The molecule has 1 fully saturated rings. The lowest BCUT2D eigenvalue weighted by molar-refractivity contribution is 0.0682. The van der Waals surface area contributed by atoms with E-state index < -0.39 is 0 Å². The fourth-order valence-electron chi connectivity index (χ4n) is 3.46. The molecule has 2 amide bonds. The fourth-order valence-corrected chi connectivity index (χ4v) is 3.46. The van der Waals surface area contributed by atoms with Gasteiger partial charge in [-0.25, -0.2) is 0 Å². The van der Waals surface area contributed by atoms with Crippen LogP contribution in [0.1, 0.15) is 34.2 Å². The third kappa shape index (κ3) is 3.40. The molecule has 1 N–H and O–H groups in total. The van der Waals surface area contributed by atoms with E-state index >= 15 is 0 Å². The molecule has 0 saturated carbocycles. The monoisotopic (exact) mass is 363 g/mol. The van der Waals surface area contributed by atoms with Gasteiger partial charge in [0.05, 0.1) is 11.7 Å². The van der Waals surface area contributed by atoms with Gasteiger partial charge < -0.3 is 9.80 Å². The highest BCUT2D eigenvalue weighted by atomic mass is 16.2. The highest BCUT2D eigenvalue weighted by Crippen LogP contribution is 2.19. The summed E-state index contributed by atoms with van der Waals surface area (Å²) in [6.45, 7) is 3.64. The minimum absolute atomic E-state index is 0.0160. The molecular weight excluding hydrogens is 342 g/mol. The highest BCUT2D eigenvalue weighted by Gasteiger charge is 2.28. The SMILES string of the molecule is CC1CCN(C(=O)c2ccccn2)CCN1C(=O)c1ccc2[nH]ncc2c1. The second-order valence-electron chi connectivity index (χ2n) is 6.82. The number of carbonyl (C=O) groups excluding carboxylic acids is 2. The fraction of sp³-hybridized carbons (Fsp3) is 0.300. The Morgan fingerprint density at radius 3 is 2.81 bits per heavy atom. The maximum atomic E-state index is 13.1. The number of aromatic amines is 1. The summed E-state index contributed by atoms with van der Waals surface area (Å²) in [5, 5.41) is 7.81. The summed E-state index contributed by atoms with van der Waals surface area (Å²) in [5.74, 6) is -0.102. The molecule has 4 rings (SSSR count). The van der Waals surface area contributed by atoms with Crippen molar-refractivity contribution in [2.24, 2.45) is 0 Å². The number of pyridine rings is 1. The van der Waals surface area contributed by atoms with Gasteiger partial charge in [-0.05, 0) is 43.7 Å². The Bertz CT molecular complexity index is 969. The molecule has 1 aliphatic rings. The van der Waals surface area contributed by atoms with Gasteiger partial charge in [-0.1, -0.05) is 6.07 Å². The minimum Gasteiger partial charge on any atom is -0.335 e. The quantitative estimate of drug-likeness (QED) is 0.758. The van der Waals surface area contributed by atoms with Crippen LogP contribution in [-0.2, 0) is 0 Å². The van der Waals surface area contributed by atoms with Crippen LogP contribution in [0.25, 0.3) is 10.9 Å². The van der Waals surface area contributed by atoms with Crippen LogP contribution >= 0.6 is 0 Å². The third-order valence-corrected chi connectivity index (χ3v) is 5.08. The zero-order chi connectivity index (χ0) is 18.8. The van der Waals surface area contributed by atoms with Gasteiger partial charge in [0.2, 0.25) is 0 Å². The number of nitrogens with one attached hydrogen (secondary N) is 1. The van der Waals surface area contributed by atoms with Gasteiger partial charge in [-0.3, -0.25) is 19.7 Å². The second kappa shape index (κ2) is 7.19. The van der Waals surface area contributed by atoms with Gasteiger partial charge in [0.25, 0.3) is 11.8 Å². The van der Waals surface area contributed by atoms with E-state index in [4.69, 9.17) is 0 Å². The smallest absolute Gasteiger partial charge is 0.272 e. The number of carbonyl (C=O) groups is 2. The summed E-state index contributed by atoms with van der Waals surface area (Å²) in [6, 6.07) is 10.9. The van der Waals surface area contributed by atoms with Crippen LogP contribution in [0, 0.1) is 0 Å². The summed E-state index contributed by atoms with van der Waals surface area (Å²) in [7, 11) is 0. The van der Waals surface area contributed by atoms with Gasteiger partial charge >= 0.3 is 0 Å². The zero-order valence-electron chi connectivity index (χ0n) is 15.1. The molecule has 7 nitrogen and oxygen atoms in total. The largest absolute Gasteiger partial charge is 0.335 e. The third-order valence-electron chi connectivity index (χ3n) is 5.08. The molecule has 0 radical (unpaired) electrons. The van der Waals surface area contributed by atoms with Crippen molar-refractivity contribution in [2.75, 3.05) is 19.6 Å². The number of rotatable bonds is 2. The molecule has 1 saturated heterocycles. The molecule has 3 heterocycles. The maximum Gasteiger partial charge on any atom is 0.272 e. The number of aromatic nitrogens is 3. The van der Waals surface area contributed by atoms with E-state index in [1.54, 1.807) is 29.4 Å². The summed E-state index contributed by atoms with van der Waals surface area (Å²) in [5.41, 5.74) is 1.98.